The summed E-state index contributed by atoms with van der Waals surface area (Å²) in [4.78, 5) is 6.56. The number of benzene rings is 1. The Morgan fingerprint density at radius 3 is 1.91 bits per heavy atom. The van der Waals surface area contributed by atoms with Gasteiger partial charge in [-0.05, 0) is 28.1 Å². The maximum atomic E-state index is 12.8. The van der Waals surface area contributed by atoms with Gasteiger partial charge in [0.2, 0.25) is 5.96 Å². The Hall–Kier alpha value is -1.98. The minimum absolute atomic E-state index is 0.0418. The van der Waals surface area contributed by atoms with Crippen LogP contribution in [0.25, 0.3) is 0 Å². The van der Waals surface area contributed by atoms with E-state index in [1.165, 1.54) is 0 Å². The van der Waals surface area contributed by atoms with Gasteiger partial charge in [-0.25, -0.2) is 4.99 Å². The predicted molar refractivity (Wildman–Crippen MR) is 71.2 cm³/mol. The second-order valence-corrected chi connectivity index (χ2v) is 4.65. The molecule has 122 valence electrons. The molecule has 0 spiro atoms. The van der Waals surface area contributed by atoms with Gasteiger partial charge < -0.3 is 17.2 Å². The van der Waals surface area contributed by atoms with Crippen molar-refractivity contribution in [2.45, 2.75) is 12.4 Å². The van der Waals surface area contributed by atoms with Crippen LogP contribution >= 0.6 is 15.9 Å². The van der Waals surface area contributed by atoms with Gasteiger partial charge >= 0.3 is 12.4 Å². The number of guanidine groups is 2. The van der Waals surface area contributed by atoms with Gasteiger partial charge in [0.15, 0.2) is 5.96 Å². The van der Waals surface area contributed by atoms with Gasteiger partial charge in [-0.3, -0.25) is 0 Å². The van der Waals surface area contributed by atoms with Crippen LogP contribution in [0.5, 0.6) is 0 Å². The third kappa shape index (κ3) is 4.51. The van der Waals surface area contributed by atoms with E-state index in [0.29, 0.717) is 6.07 Å². The zero-order valence-corrected chi connectivity index (χ0v) is 12.0. The van der Waals surface area contributed by atoms with Crippen molar-refractivity contribution < 1.29 is 26.3 Å². The third-order valence-electron chi connectivity index (χ3n) is 2.16. The predicted octanol–water partition coefficient (Wildman–Crippen LogP) is 2.71. The van der Waals surface area contributed by atoms with Crippen LogP contribution in [-0.2, 0) is 12.4 Å². The second-order valence-electron chi connectivity index (χ2n) is 3.86. The molecule has 0 saturated heterocycles. The number of nitrogens with two attached hydrogens (primary N) is 3. The summed E-state index contributed by atoms with van der Waals surface area (Å²) in [5.41, 5.74) is 11.4. The summed E-state index contributed by atoms with van der Waals surface area (Å²) in [6, 6.07) is 0.342. The van der Waals surface area contributed by atoms with Gasteiger partial charge in [0.25, 0.3) is 0 Å². The van der Waals surface area contributed by atoms with Crippen LogP contribution in [0.15, 0.2) is 26.6 Å². The van der Waals surface area contributed by atoms with Gasteiger partial charge in [0, 0.05) is 0 Å². The van der Waals surface area contributed by atoms with E-state index in [1.54, 1.807) is 0 Å². The van der Waals surface area contributed by atoms with E-state index in [2.05, 4.69) is 25.9 Å². The number of aliphatic imine (C=N–C) groups is 2. The number of halogens is 7. The number of rotatable bonds is 1. The summed E-state index contributed by atoms with van der Waals surface area (Å²) in [5.74, 6) is -1.26. The average molecular weight is 392 g/mol. The Labute approximate surface area is 128 Å². The van der Waals surface area contributed by atoms with Crippen molar-refractivity contribution in [3.8, 4) is 0 Å². The number of nitrogens with zero attached hydrogens (tertiary/aromatic N) is 2. The Morgan fingerprint density at radius 1 is 0.955 bits per heavy atom. The van der Waals surface area contributed by atoms with Gasteiger partial charge in [0.05, 0.1) is 21.3 Å². The Bertz CT molecular complexity index is 630. The molecule has 1 rings (SSSR count). The highest BCUT2D eigenvalue weighted by Crippen LogP contribution is 2.43. The molecular weight excluding hydrogens is 384 g/mol. The van der Waals surface area contributed by atoms with Gasteiger partial charge in [-0.15, -0.1) is 0 Å². The molecule has 1 aromatic carbocycles. The molecule has 0 heterocycles. The van der Waals surface area contributed by atoms with Crippen LogP contribution in [-0.4, -0.2) is 11.9 Å². The average Bonchev–Trinajstić information content (AvgIpc) is 2.27. The van der Waals surface area contributed by atoms with E-state index in [-0.39, 0.29) is 6.07 Å². The summed E-state index contributed by atoms with van der Waals surface area (Å²) in [7, 11) is 0. The zero-order chi connectivity index (χ0) is 17.3. The first kappa shape index (κ1) is 18.1. The minimum Gasteiger partial charge on any atom is -0.370 e. The van der Waals surface area contributed by atoms with E-state index in [4.69, 9.17) is 17.2 Å². The van der Waals surface area contributed by atoms with Crippen molar-refractivity contribution in [2.75, 3.05) is 0 Å². The molecule has 0 fully saturated rings. The van der Waals surface area contributed by atoms with Crippen LogP contribution in [0.4, 0.5) is 32.0 Å². The molecule has 22 heavy (non-hydrogen) atoms. The summed E-state index contributed by atoms with van der Waals surface area (Å²) in [6.07, 6.45) is -10.0. The van der Waals surface area contributed by atoms with E-state index in [1.807, 2.05) is 0 Å². The van der Waals surface area contributed by atoms with Gasteiger partial charge in [-0.2, -0.15) is 31.3 Å². The van der Waals surface area contributed by atoms with Crippen LogP contribution in [0.3, 0.4) is 0 Å². The van der Waals surface area contributed by atoms with E-state index in [9.17, 15) is 26.3 Å². The van der Waals surface area contributed by atoms with Crippen molar-refractivity contribution in [1.29, 1.82) is 0 Å². The van der Waals surface area contributed by atoms with E-state index < -0.39 is 45.6 Å². The van der Waals surface area contributed by atoms with Gasteiger partial charge in [0.1, 0.15) is 0 Å². The highest BCUT2D eigenvalue weighted by Gasteiger charge is 2.39. The van der Waals surface area contributed by atoms with Crippen molar-refractivity contribution in [3.05, 3.63) is 27.7 Å². The Morgan fingerprint density at radius 2 is 1.50 bits per heavy atom. The van der Waals surface area contributed by atoms with Crippen LogP contribution in [0, 0.1) is 0 Å². The molecule has 6 N–H and O–H groups in total. The Kier molecular flexibility index (Phi) is 4.95. The number of hydrogen-bond donors (Lipinski definition) is 3. The minimum atomic E-state index is -5.03. The van der Waals surface area contributed by atoms with Crippen molar-refractivity contribution in [2.24, 2.45) is 27.2 Å². The molecule has 0 bridgehead atoms. The summed E-state index contributed by atoms with van der Waals surface area (Å²) in [5, 5.41) is 0. The molecule has 0 aliphatic heterocycles. The van der Waals surface area contributed by atoms with Crippen LogP contribution in [0.1, 0.15) is 11.1 Å². The summed E-state index contributed by atoms with van der Waals surface area (Å²) < 4.78 is 75.7. The molecule has 0 aliphatic rings. The first-order valence-electron chi connectivity index (χ1n) is 5.24. The molecule has 5 nitrogen and oxygen atoms in total. The largest absolute Gasteiger partial charge is 0.417 e. The first-order chi connectivity index (χ1) is 9.82. The summed E-state index contributed by atoms with van der Waals surface area (Å²) in [6.45, 7) is 0. The molecule has 1 aromatic rings. The lowest BCUT2D eigenvalue weighted by molar-refractivity contribution is -0.143. The van der Waals surface area contributed by atoms with Crippen molar-refractivity contribution >= 4 is 33.5 Å². The SMILES string of the molecule is NC(N)=NC(N)=Nc1cc(C(F)(F)F)cc(C(F)(F)F)c1Br. The lowest BCUT2D eigenvalue weighted by Gasteiger charge is -2.15. The number of alkyl halides is 6. The molecular formula is C10H8BrF6N5. The maximum absolute atomic E-state index is 12.8. The smallest absolute Gasteiger partial charge is 0.370 e. The second kappa shape index (κ2) is 6.02. The monoisotopic (exact) mass is 391 g/mol. The Balaban J connectivity index is 3.61. The zero-order valence-electron chi connectivity index (χ0n) is 10.4. The molecule has 0 aromatic heterocycles. The molecule has 0 aliphatic carbocycles. The van der Waals surface area contributed by atoms with E-state index in [0.717, 1.165) is 0 Å². The van der Waals surface area contributed by atoms with Crippen molar-refractivity contribution in [1.82, 2.24) is 0 Å². The topological polar surface area (TPSA) is 103 Å². The molecule has 0 amide bonds. The molecule has 12 heteroatoms. The normalized spacial score (nSPS) is 13.1. The van der Waals surface area contributed by atoms with Gasteiger partial charge in [-0.1, -0.05) is 0 Å². The highest BCUT2D eigenvalue weighted by atomic mass is 79.9. The molecule has 0 atom stereocenters. The molecule has 0 radical (unpaired) electrons. The fourth-order valence-electron chi connectivity index (χ4n) is 1.34. The fourth-order valence-corrected chi connectivity index (χ4v) is 1.88. The van der Waals surface area contributed by atoms with Crippen LogP contribution in [0.2, 0.25) is 0 Å². The fraction of sp³-hybridized carbons (Fsp3) is 0.200. The lowest BCUT2D eigenvalue weighted by Crippen LogP contribution is -2.26. The quantitative estimate of drug-likeness (QED) is 0.389. The van der Waals surface area contributed by atoms with E-state index >= 15 is 0 Å². The van der Waals surface area contributed by atoms with Crippen molar-refractivity contribution in [3.63, 3.8) is 0 Å². The number of hydrogen-bond acceptors (Lipinski definition) is 1. The third-order valence-corrected chi connectivity index (χ3v) is 3.00. The summed E-state index contributed by atoms with van der Waals surface area (Å²) >= 11 is 2.55. The molecule has 0 unspecified atom stereocenters. The standard InChI is InChI=1S/C10H8BrF6N5/c11-6-4(10(15,16)17)1-3(9(12,13)14)2-5(6)21-8(20)22-7(18)19/h1-2H,(H6,18,19,20,21,22). The highest BCUT2D eigenvalue weighted by molar-refractivity contribution is 9.10. The molecule has 0 saturated carbocycles. The first-order valence-corrected chi connectivity index (χ1v) is 6.03. The van der Waals surface area contributed by atoms with Crippen LogP contribution < -0.4 is 17.2 Å². The lowest BCUT2D eigenvalue weighted by atomic mass is 10.1. The maximum Gasteiger partial charge on any atom is 0.417 e.